The van der Waals surface area contributed by atoms with Gasteiger partial charge in [0.1, 0.15) is 0 Å². The van der Waals surface area contributed by atoms with Crippen LogP contribution in [0.5, 0.6) is 0 Å². The summed E-state index contributed by atoms with van der Waals surface area (Å²) in [5, 5.41) is 0. The van der Waals surface area contributed by atoms with Gasteiger partial charge in [0.15, 0.2) is 0 Å². The van der Waals surface area contributed by atoms with Gasteiger partial charge in [-0.05, 0) is 29.5 Å². The van der Waals surface area contributed by atoms with E-state index in [0.717, 1.165) is 4.47 Å². The third-order valence-electron chi connectivity index (χ3n) is 2.27. The molecule has 0 radical (unpaired) electrons. The number of hydrogen-bond acceptors (Lipinski definition) is 1. The Hall–Kier alpha value is -0.730. The van der Waals surface area contributed by atoms with Gasteiger partial charge in [0.25, 0.3) is 0 Å². The Morgan fingerprint density at radius 1 is 0.867 bits per heavy atom. The summed E-state index contributed by atoms with van der Waals surface area (Å²) < 4.78 is 1.14. The van der Waals surface area contributed by atoms with Crippen molar-refractivity contribution in [2.24, 2.45) is 0 Å². The normalized spacial score (nSPS) is 10.3. The molecule has 0 aliphatic heterocycles. The van der Waals surface area contributed by atoms with E-state index in [0.29, 0.717) is 0 Å². The summed E-state index contributed by atoms with van der Waals surface area (Å²) in [6.45, 7) is 0. The lowest BCUT2D eigenvalue weighted by molar-refractivity contribution is 1.44. The Kier molecular flexibility index (Phi) is 3.49. The highest BCUT2D eigenvalue weighted by Gasteiger charge is 2.05. The lowest BCUT2D eigenvalue weighted by Crippen LogP contribution is -1.82. The highest BCUT2D eigenvalue weighted by Crippen LogP contribution is 2.34. The second kappa shape index (κ2) is 4.86. The average Bonchev–Trinajstić information content (AvgIpc) is 2.30. The highest BCUT2D eigenvalue weighted by atomic mass is 79.9. The van der Waals surface area contributed by atoms with Gasteiger partial charge in [-0.25, -0.2) is 0 Å². The van der Waals surface area contributed by atoms with Crippen molar-refractivity contribution in [1.29, 1.82) is 0 Å². The zero-order chi connectivity index (χ0) is 10.7. The van der Waals surface area contributed by atoms with E-state index < -0.39 is 0 Å². The minimum atomic E-state index is 1.14. The molecular weight excluding hydrogens is 268 g/mol. The maximum absolute atomic E-state index is 3.59. The predicted molar refractivity (Wildman–Crippen MR) is 71.4 cm³/mol. The van der Waals surface area contributed by atoms with Gasteiger partial charge in [0.2, 0.25) is 0 Å². The Morgan fingerprint density at radius 2 is 1.47 bits per heavy atom. The van der Waals surface area contributed by atoms with Crippen LogP contribution < -0.4 is 0 Å². The van der Waals surface area contributed by atoms with Crippen molar-refractivity contribution < 1.29 is 0 Å². The van der Waals surface area contributed by atoms with E-state index in [-0.39, 0.29) is 0 Å². The van der Waals surface area contributed by atoms with Gasteiger partial charge in [-0.15, -0.1) is 11.8 Å². The molecule has 15 heavy (non-hydrogen) atoms. The fourth-order valence-corrected chi connectivity index (χ4v) is 2.66. The highest BCUT2D eigenvalue weighted by molar-refractivity contribution is 9.10. The number of hydrogen-bond donors (Lipinski definition) is 0. The van der Waals surface area contributed by atoms with Crippen LogP contribution in [0.1, 0.15) is 0 Å². The molecule has 0 fully saturated rings. The molecule has 2 rings (SSSR count). The second-order valence-corrected chi connectivity index (χ2v) is 4.88. The predicted octanol–water partition coefficient (Wildman–Crippen LogP) is 4.84. The van der Waals surface area contributed by atoms with Crippen LogP contribution in [0, 0.1) is 0 Å². The first-order valence-corrected chi connectivity index (χ1v) is 6.72. The van der Waals surface area contributed by atoms with Gasteiger partial charge in [0, 0.05) is 9.37 Å². The maximum Gasteiger partial charge on any atom is 0.0254 e. The molecule has 0 saturated heterocycles. The Balaban J connectivity index is 2.59. The van der Waals surface area contributed by atoms with Gasteiger partial charge >= 0.3 is 0 Å². The first-order chi connectivity index (χ1) is 7.33. The Morgan fingerprint density at radius 3 is 2.13 bits per heavy atom. The molecule has 2 heteroatoms. The summed E-state index contributed by atoms with van der Waals surface area (Å²) >= 11 is 5.37. The van der Waals surface area contributed by atoms with Crippen LogP contribution in [0.4, 0.5) is 0 Å². The summed E-state index contributed by atoms with van der Waals surface area (Å²) in [5.41, 5.74) is 2.54. The average molecular weight is 279 g/mol. The summed E-state index contributed by atoms with van der Waals surface area (Å²) in [4.78, 5) is 1.31. The molecule has 0 unspecified atom stereocenters. The topological polar surface area (TPSA) is 0 Å². The molecule has 0 atom stereocenters. The summed E-state index contributed by atoms with van der Waals surface area (Å²) in [6.07, 6.45) is 2.11. The SMILES string of the molecule is CSc1ccccc1-c1ccccc1Br. The third kappa shape index (κ3) is 2.27. The third-order valence-corrected chi connectivity index (χ3v) is 3.76. The van der Waals surface area contributed by atoms with Crippen molar-refractivity contribution >= 4 is 27.7 Å². The molecule has 0 amide bonds. The van der Waals surface area contributed by atoms with Crippen LogP contribution in [0.2, 0.25) is 0 Å². The zero-order valence-electron chi connectivity index (χ0n) is 8.41. The Bertz CT molecular complexity index is 466. The number of benzene rings is 2. The van der Waals surface area contributed by atoms with Gasteiger partial charge in [-0.2, -0.15) is 0 Å². The van der Waals surface area contributed by atoms with E-state index in [1.165, 1.54) is 16.0 Å². The molecule has 0 N–H and O–H groups in total. The van der Waals surface area contributed by atoms with Gasteiger partial charge in [-0.1, -0.05) is 52.3 Å². The molecule has 0 aliphatic rings. The number of halogens is 1. The fourth-order valence-electron chi connectivity index (χ4n) is 1.55. The summed E-state index contributed by atoms with van der Waals surface area (Å²) in [6, 6.07) is 16.8. The van der Waals surface area contributed by atoms with E-state index in [9.17, 15) is 0 Å². The summed E-state index contributed by atoms with van der Waals surface area (Å²) in [5.74, 6) is 0. The van der Waals surface area contributed by atoms with Crippen LogP contribution in [-0.2, 0) is 0 Å². The molecule has 2 aromatic carbocycles. The van der Waals surface area contributed by atoms with Gasteiger partial charge in [-0.3, -0.25) is 0 Å². The summed E-state index contributed by atoms with van der Waals surface area (Å²) in [7, 11) is 0. The van der Waals surface area contributed by atoms with Crippen LogP contribution in [0.3, 0.4) is 0 Å². The van der Waals surface area contributed by atoms with Crippen molar-refractivity contribution in [3.05, 3.63) is 53.0 Å². The zero-order valence-corrected chi connectivity index (χ0v) is 10.8. The molecule has 0 spiro atoms. The Labute approximate surface area is 103 Å². The van der Waals surface area contributed by atoms with Crippen molar-refractivity contribution in [3.63, 3.8) is 0 Å². The lowest BCUT2D eigenvalue weighted by Gasteiger charge is -2.08. The molecule has 0 aliphatic carbocycles. The standard InChI is InChI=1S/C13H11BrS/c1-15-13-9-5-3-7-11(13)10-6-2-4-8-12(10)14/h2-9H,1H3. The molecule has 0 bridgehead atoms. The quantitative estimate of drug-likeness (QED) is 0.709. The van der Waals surface area contributed by atoms with Crippen molar-refractivity contribution in [3.8, 4) is 11.1 Å². The van der Waals surface area contributed by atoms with E-state index in [1.807, 2.05) is 6.07 Å². The minimum Gasteiger partial charge on any atom is -0.129 e. The number of rotatable bonds is 2. The fraction of sp³-hybridized carbons (Fsp3) is 0.0769. The maximum atomic E-state index is 3.59. The minimum absolute atomic E-state index is 1.14. The lowest BCUT2D eigenvalue weighted by atomic mass is 10.1. The van der Waals surface area contributed by atoms with E-state index >= 15 is 0 Å². The molecule has 2 aromatic rings. The molecule has 0 aromatic heterocycles. The first-order valence-electron chi connectivity index (χ1n) is 4.71. The molecular formula is C13H11BrS. The van der Waals surface area contributed by atoms with E-state index in [2.05, 4.69) is 64.7 Å². The molecule has 0 heterocycles. The molecule has 76 valence electrons. The first kappa shape index (κ1) is 10.8. The van der Waals surface area contributed by atoms with Crippen LogP contribution in [0.25, 0.3) is 11.1 Å². The van der Waals surface area contributed by atoms with E-state index in [1.54, 1.807) is 11.8 Å². The smallest absolute Gasteiger partial charge is 0.0254 e. The van der Waals surface area contributed by atoms with E-state index in [4.69, 9.17) is 0 Å². The van der Waals surface area contributed by atoms with Crippen LogP contribution >= 0.6 is 27.7 Å². The van der Waals surface area contributed by atoms with Crippen molar-refractivity contribution in [2.45, 2.75) is 4.90 Å². The second-order valence-electron chi connectivity index (χ2n) is 3.18. The largest absolute Gasteiger partial charge is 0.129 e. The van der Waals surface area contributed by atoms with Gasteiger partial charge < -0.3 is 0 Å². The van der Waals surface area contributed by atoms with Crippen LogP contribution in [0.15, 0.2) is 57.9 Å². The molecule has 0 nitrogen and oxygen atoms in total. The van der Waals surface area contributed by atoms with Crippen molar-refractivity contribution in [2.75, 3.05) is 6.26 Å². The number of thioether (sulfide) groups is 1. The molecule has 0 saturated carbocycles. The van der Waals surface area contributed by atoms with Crippen LogP contribution in [-0.4, -0.2) is 6.26 Å². The van der Waals surface area contributed by atoms with Gasteiger partial charge in [0.05, 0.1) is 0 Å². The monoisotopic (exact) mass is 278 g/mol. The van der Waals surface area contributed by atoms with Crippen molar-refractivity contribution in [1.82, 2.24) is 0 Å².